The Labute approximate surface area is 144 Å². The second-order valence-electron chi connectivity index (χ2n) is 5.67. The summed E-state index contributed by atoms with van der Waals surface area (Å²) in [6.07, 6.45) is 0.703. The first-order valence-corrected chi connectivity index (χ1v) is 8.76. The van der Waals surface area contributed by atoms with Gasteiger partial charge >= 0.3 is 0 Å². The van der Waals surface area contributed by atoms with Crippen molar-refractivity contribution in [3.63, 3.8) is 0 Å². The van der Waals surface area contributed by atoms with Crippen LogP contribution < -0.4 is 5.32 Å². The molecular formula is C16H18Cl2N2OS. The van der Waals surface area contributed by atoms with E-state index in [0.717, 1.165) is 16.3 Å². The molecule has 1 heterocycles. The van der Waals surface area contributed by atoms with Gasteiger partial charge in [-0.05, 0) is 26.0 Å². The molecule has 0 aliphatic heterocycles. The smallest absolute Gasteiger partial charge is 0.226 e. The number of halogens is 2. The molecule has 0 aliphatic carbocycles. The SMILES string of the molecule is CC(C)(CCl)C(=O)NCCc1csc(-c2ccc(Cl)cc2)n1. The lowest BCUT2D eigenvalue weighted by molar-refractivity contribution is -0.128. The number of carbonyl (C=O) groups excluding carboxylic acids is 1. The molecule has 1 amide bonds. The largest absolute Gasteiger partial charge is 0.355 e. The van der Waals surface area contributed by atoms with Crippen LogP contribution in [-0.4, -0.2) is 23.3 Å². The third-order valence-electron chi connectivity index (χ3n) is 3.26. The van der Waals surface area contributed by atoms with Crippen molar-refractivity contribution in [2.45, 2.75) is 20.3 Å². The number of carbonyl (C=O) groups is 1. The lowest BCUT2D eigenvalue weighted by Gasteiger charge is -2.20. The molecular weight excluding hydrogens is 339 g/mol. The maximum atomic E-state index is 11.9. The number of hydrogen-bond donors (Lipinski definition) is 1. The van der Waals surface area contributed by atoms with Gasteiger partial charge in [-0.1, -0.05) is 23.7 Å². The molecule has 0 atom stereocenters. The fraction of sp³-hybridized carbons (Fsp3) is 0.375. The van der Waals surface area contributed by atoms with Gasteiger partial charge in [0.1, 0.15) is 5.01 Å². The van der Waals surface area contributed by atoms with Gasteiger partial charge in [0, 0.05) is 34.8 Å². The van der Waals surface area contributed by atoms with E-state index in [1.165, 1.54) is 0 Å². The van der Waals surface area contributed by atoms with Crippen molar-refractivity contribution < 1.29 is 4.79 Å². The molecule has 0 fully saturated rings. The monoisotopic (exact) mass is 356 g/mol. The molecule has 0 saturated heterocycles. The Balaban J connectivity index is 1.90. The quantitative estimate of drug-likeness (QED) is 0.780. The zero-order valence-corrected chi connectivity index (χ0v) is 14.9. The number of rotatable bonds is 6. The zero-order chi connectivity index (χ0) is 16.2. The summed E-state index contributed by atoms with van der Waals surface area (Å²) in [5, 5.41) is 6.59. The van der Waals surface area contributed by atoms with Crippen molar-refractivity contribution in [1.82, 2.24) is 10.3 Å². The highest BCUT2D eigenvalue weighted by Gasteiger charge is 2.25. The average molecular weight is 357 g/mol. The van der Waals surface area contributed by atoms with Gasteiger partial charge in [0.05, 0.1) is 11.1 Å². The molecule has 0 spiro atoms. The van der Waals surface area contributed by atoms with Crippen molar-refractivity contribution in [3.05, 3.63) is 40.4 Å². The van der Waals surface area contributed by atoms with E-state index < -0.39 is 5.41 Å². The van der Waals surface area contributed by atoms with E-state index in [0.29, 0.717) is 23.9 Å². The van der Waals surface area contributed by atoms with E-state index in [1.807, 2.05) is 43.5 Å². The van der Waals surface area contributed by atoms with Crippen LogP contribution in [0.3, 0.4) is 0 Å². The molecule has 1 aromatic carbocycles. The number of hydrogen-bond acceptors (Lipinski definition) is 3. The molecule has 118 valence electrons. The number of thiazole rings is 1. The summed E-state index contributed by atoms with van der Waals surface area (Å²) in [7, 11) is 0. The molecule has 6 heteroatoms. The van der Waals surface area contributed by atoms with Crippen molar-refractivity contribution >= 4 is 40.4 Å². The highest BCUT2D eigenvalue weighted by atomic mass is 35.5. The number of nitrogens with one attached hydrogen (secondary N) is 1. The number of alkyl halides is 1. The summed E-state index contributed by atoms with van der Waals surface area (Å²) in [6, 6.07) is 7.62. The van der Waals surface area contributed by atoms with E-state index in [9.17, 15) is 4.79 Å². The van der Waals surface area contributed by atoms with Gasteiger partial charge in [-0.2, -0.15) is 0 Å². The van der Waals surface area contributed by atoms with Crippen molar-refractivity contribution in [3.8, 4) is 10.6 Å². The van der Waals surface area contributed by atoms with E-state index >= 15 is 0 Å². The first-order valence-electron chi connectivity index (χ1n) is 6.97. The molecule has 2 rings (SSSR count). The molecule has 0 radical (unpaired) electrons. The topological polar surface area (TPSA) is 42.0 Å². The third-order valence-corrected chi connectivity index (χ3v) is 5.12. The minimum Gasteiger partial charge on any atom is -0.355 e. The first-order chi connectivity index (χ1) is 10.4. The Bertz CT molecular complexity index is 638. The minimum absolute atomic E-state index is 0.0318. The van der Waals surface area contributed by atoms with Crippen LogP contribution >= 0.6 is 34.5 Å². The molecule has 3 nitrogen and oxygen atoms in total. The molecule has 22 heavy (non-hydrogen) atoms. The normalized spacial score (nSPS) is 11.5. The summed E-state index contributed by atoms with van der Waals surface area (Å²) in [5.41, 5.74) is 1.48. The van der Waals surface area contributed by atoms with Crippen LogP contribution in [0.1, 0.15) is 19.5 Å². The summed E-state index contributed by atoms with van der Waals surface area (Å²) >= 11 is 13.3. The highest BCUT2D eigenvalue weighted by molar-refractivity contribution is 7.13. The standard InChI is InChI=1S/C16H18Cl2N2OS/c1-16(2,10-17)15(21)19-8-7-13-9-22-14(20-13)11-3-5-12(18)6-4-11/h3-6,9H,7-8,10H2,1-2H3,(H,19,21). The number of nitrogens with zero attached hydrogens (tertiary/aromatic N) is 1. The summed E-state index contributed by atoms with van der Waals surface area (Å²) in [5.74, 6) is 0.270. The number of aromatic nitrogens is 1. The molecule has 0 saturated carbocycles. The van der Waals surface area contributed by atoms with Crippen LogP contribution in [0.2, 0.25) is 5.02 Å². The Morgan fingerprint density at radius 2 is 2.00 bits per heavy atom. The van der Waals surface area contributed by atoms with Crippen molar-refractivity contribution in [1.29, 1.82) is 0 Å². The minimum atomic E-state index is -0.544. The number of amides is 1. The predicted molar refractivity (Wildman–Crippen MR) is 93.8 cm³/mol. The van der Waals surface area contributed by atoms with Gasteiger partial charge in [-0.3, -0.25) is 4.79 Å². The maximum absolute atomic E-state index is 11.9. The fourth-order valence-corrected chi connectivity index (χ4v) is 2.86. The summed E-state index contributed by atoms with van der Waals surface area (Å²) in [4.78, 5) is 16.5. The zero-order valence-electron chi connectivity index (χ0n) is 12.5. The fourth-order valence-electron chi connectivity index (χ4n) is 1.75. The molecule has 1 N–H and O–H groups in total. The van der Waals surface area contributed by atoms with Crippen LogP contribution in [0.15, 0.2) is 29.6 Å². The Morgan fingerprint density at radius 3 is 2.64 bits per heavy atom. The molecule has 2 aromatic rings. The van der Waals surface area contributed by atoms with E-state index in [-0.39, 0.29) is 5.91 Å². The Morgan fingerprint density at radius 1 is 1.32 bits per heavy atom. The summed E-state index contributed by atoms with van der Waals surface area (Å²) < 4.78 is 0. The average Bonchev–Trinajstić information content (AvgIpc) is 2.96. The van der Waals surface area contributed by atoms with E-state index in [2.05, 4.69) is 10.3 Å². The second-order valence-corrected chi connectivity index (χ2v) is 7.24. The molecule has 1 aromatic heterocycles. The summed E-state index contributed by atoms with van der Waals surface area (Å²) in [6.45, 7) is 4.22. The van der Waals surface area contributed by atoms with Crippen molar-refractivity contribution in [2.75, 3.05) is 12.4 Å². The van der Waals surface area contributed by atoms with E-state index in [1.54, 1.807) is 11.3 Å². The van der Waals surface area contributed by atoms with Gasteiger partial charge in [0.25, 0.3) is 0 Å². The van der Waals surface area contributed by atoms with Crippen LogP contribution in [0.25, 0.3) is 10.6 Å². The van der Waals surface area contributed by atoms with Gasteiger partial charge in [-0.15, -0.1) is 22.9 Å². The van der Waals surface area contributed by atoms with Crippen LogP contribution in [0, 0.1) is 5.41 Å². The second kappa shape index (κ2) is 7.44. The molecule has 0 bridgehead atoms. The van der Waals surface area contributed by atoms with Gasteiger partial charge in [0.15, 0.2) is 0 Å². The Kier molecular flexibility index (Phi) is 5.84. The van der Waals surface area contributed by atoms with Gasteiger partial charge < -0.3 is 5.32 Å². The Hall–Kier alpha value is -1.10. The van der Waals surface area contributed by atoms with Gasteiger partial charge in [-0.25, -0.2) is 4.98 Å². The van der Waals surface area contributed by atoms with E-state index in [4.69, 9.17) is 23.2 Å². The first kappa shape index (κ1) is 17.3. The maximum Gasteiger partial charge on any atom is 0.226 e. The van der Waals surface area contributed by atoms with Crippen molar-refractivity contribution in [2.24, 2.45) is 5.41 Å². The highest BCUT2D eigenvalue weighted by Crippen LogP contribution is 2.25. The lowest BCUT2D eigenvalue weighted by Crippen LogP contribution is -2.39. The van der Waals surface area contributed by atoms with Crippen LogP contribution in [-0.2, 0) is 11.2 Å². The number of benzene rings is 1. The molecule has 0 unspecified atom stereocenters. The van der Waals surface area contributed by atoms with Crippen LogP contribution in [0.4, 0.5) is 0 Å². The van der Waals surface area contributed by atoms with Crippen LogP contribution in [0.5, 0.6) is 0 Å². The molecule has 0 aliphatic rings. The third kappa shape index (κ3) is 4.45. The lowest BCUT2D eigenvalue weighted by atomic mass is 9.95. The van der Waals surface area contributed by atoms with Gasteiger partial charge in [0.2, 0.25) is 5.91 Å². The predicted octanol–water partition coefficient (Wildman–Crippen LogP) is 4.39.